The molecule has 0 N–H and O–H groups in total. The van der Waals surface area contributed by atoms with Gasteiger partial charge in [0.15, 0.2) is 5.65 Å². The van der Waals surface area contributed by atoms with Crippen molar-refractivity contribution in [2.45, 2.75) is 0 Å². The number of hydrogen-bond acceptors (Lipinski definition) is 3. The van der Waals surface area contributed by atoms with E-state index in [-0.39, 0.29) is 5.56 Å². The Morgan fingerprint density at radius 3 is 2.32 bits per heavy atom. The maximum atomic E-state index is 13.2. The van der Waals surface area contributed by atoms with Crippen LogP contribution in [-0.2, 0) is 21.1 Å². The molecule has 5 rings (SSSR count). The predicted octanol–water partition coefficient (Wildman–Crippen LogP) is 4.11. The van der Waals surface area contributed by atoms with E-state index < -0.39 is 5.69 Å². The Labute approximate surface area is 182 Å². The third-order valence-electron chi connectivity index (χ3n) is 5.74. The molecular formula is C24H19ClN4O2. The summed E-state index contributed by atoms with van der Waals surface area (Å²) in [7, 11) is 5.10. The van der Waals surface area contributed by atoms with Crippen LogP contribution in [0.2, 0.25) is 5.02 Å². The number of rotatable bonds is 2. The SMILES string of the molecule is Cn1c(=O)c2c(-c3cn(C)c4ccccc34)cc(-c3ccc(Cl)cc3)nc2n(C)c1=O. The molecular weight excluding hydrogens is 412 g/mol. The molecule has 0 amide bonds. The van der Waals surface area contributed by atoms with Gasteiger partial charge in [0.1, 0.15) is 0 Å². The van der Waals surface area contributed by atoms with E-state index in [1.54, 1.807) is 19.2 Å². The van der Waals surface area contributed by atoms with E-state index in [4.69, 9.17) is 16.6 Å². The molecule has 0 saturated carbocycles. The Balaban J connectivity index is 1.97. The first kappa shape index (κ1) is 19.3. The van der Waals surface area contributed by atoms with E-state index in [1.807, 2.05) is 60.3 Å². The average molecular weight is 431 g/mol. The van der Waals surface area contributed by atoms with Crippen molar-refractivity contribution in [1.29, 1.82) is 0 Å². The fraction of sp³-hybridized carbons (Fsp3) is 0.125. The highest BCUT2D eigenvalue weighted by atomic mass is 35.5. The van der Waals surface area contributed by atoms with Crippen molar-refractivity contribution in [3.05, 3.63) is 86.7 Å². The van der Waals surface area contributed by atoms with Gasteiger partial charge >= 0.3 is 5.69 Å². The highest BCUT2D eigenvalue weighted by Gasteiger charge is 2.20. The Morgan fingerprint density at radius 2 is 1.58 bits per heavy atom. The molecule has 0 unspecified atom stereocenters. The van der Waals surface area contributed by atoms with Crippen LogP contribution in [-0.4, -0.2) is 18.7 Å². The lowest BCUT2D eigenvalue weighted by Crippen LogP contribution is -2.37. The van der Waals surface area contributed by atoms with E-state index >= 15 is 0 Å². The first-order valence-corrected chi connectivity index (χ1v) is 10.2. The molecule has 0 radical (unpaired) electrons. The summed E-state index contributed by atoms with van der Waals surface area (Å²) in [6.45, 7) is 0. The fourth-order valence-corrected chi connectivity index (χ4v) is 4.22. The Bertz CT molecular complexity index is 1610. The summed E-state index contributed by atoms with van der Waals surface area (Å²) in [5, 5.41) is 2.06. The van der Waals surface area contributed by atoms with E-state index in [9.17, 15) is 9.59 Å². The lowest BCUT2D eigenvalue weighted by atomic mass is 9.99. The number of para-hydroxylation sites is 1. The van der Waals surface area contributed by atoms with Crippen LogP contribution in [0.5, 0.6) is 0 Å². The second-order valence-corrected chi connectivity index (χ2v) is 8.07. The zero-order valence-electron chi connectivity index (χ0n) is 17.3. The van der Waals surface area contributed by atoms with Crippen LogP contribution in [0.15, 0.2) is 70.4 Å². The summed E-state index contributed by atoms with van der Waals surface area (Å²) >= 11 is 6.06. The Morgan fingerprint density at radius 1 is 0.871 bits per heavy atom. The molecule has 154 valence electrons. The van der Waals surface area contributed by atoms with Crippen LogP contribution < -0.4 is 11.2 Å². The Hall–Kier alpha value is -3.64. The normalized spacial score (nSPS) is 11.5. The van der Waals surface area contributed by atoms with Crippen LogP contribution in [0.3, 0.4) is 0 Å². The first-order chi connectivity index (χ1) is 14.9. The lowest BCUT2D eigenvalue weighted by molar-refractivity contribution is 0.708. The molecule has 0 aliphatic heterocycles. The first-order valence-electron chi connectivity index (χ1n) is 9.78. The monoisotopic (exact) mass is 430 g/mol. The van der Waals surface area contributed by atoms with Gasteiger partial charge in [0.2, 0.25) is 0 Å². The zero-order valence-corrected chi connectivity index (χ0v) is 18.0. The number of benzene rings is 2. The predicted molar refractivity (Wildman–Crippen MR) is 125 cm³/mol. The zero-order chi connectivity index (χ0) is 21.9. The maximum absolute atomic E-state index is 13.2. The number of nitrogens with zero attached hydrogens (tertiary/aromatic N) is 4. The van der Waals surface area contributed by atoms with Crippen molar-refractivity contribution in [3.8, 4) is 22.4 Å². The molecule has 0 fully saturated rings. The number of fused-ring (bicyclic) bond motifs is 2. The molecule has 3 aromatic heterocycles. The molecule has 0 bridgehead atoms. The average Bonchev–Trinajstić information content (AvgIpc) is 3.12. The van der Waals surface area contributed by atoms with Gasteiger partial charge in [0.05, 0.1) is 11.1 Å². The summed E-state index contributed by atoms with van der Waals surface area (Å²) in [6.07, 6.45) is 2.01. The standard InChI is InChI=1S/C24H19ClN4O2/c1-27-13-18(16-6-4-5-7-20(16)27)17-12-19(14-8-10-15(25)11-9-14)26-22-21(17)23(30)29(3)24(31)28(22)2/h4-13H,1-3H3. The number of aryl methyl sites for hydroxylation is 2. The van der Waals surface area contributed by atoms with E-state index in [1.165, 1.54) is 11.6 Å². The van der Waals surface area contributed by atoms with Gasteiger partial charge in [0.25, 0.3) is 5.56 Å². The Kier molecular flexibility index (Phi) is 4.34. The van der Waals surface area contributed by atoms with Crippen molar-refractivity contribution in [2.24, 2.45) is 21.1 Å². The second-order valence-electron chi connectivity index (χ2n) is 7.64. The molecule has 0 atom stereocenters. The van der Waals surface area contributed by atoms with Crippen molar-refractivity contribution in [3.63, 3.8) is 0 Å². The second kappa shape index (κ2) is 6.96. The van der Waals surface area contributed by atoms with Gasteiger partial charge in [-0.3, -0.25) is 13.9 Å². The van der Waals surface area contributed by atoms with Crippen molar-refractivity contribution in [2.75, 3.05) is 0 Å². The van der Waals surface area contributed by atoms with Gasteiger partial charge in [-0.1, -0.05) is 41.9 Å². The summed E-state index contributed by atoms with van der Waals surface area (Å²) < 4.78 is 4.58. The van der Waals surface area contributed by atoms with Gasteiger partial charge in [-0.05, 0) is 24.3 Å². The van der Waals surface area contributed by atoms with Crippen molar-refractivity contribution >= 4 is 33.5 Å². The van der Waals surface area contributed by atoms with Crippen molar-refractivity contribution in [1.82, 2.24) is 18.7 Å². The van der Waals surface area contributed by atoms with Crippen LogP contribution in [0.4, 0.5) is 0 Å². The molecule has 0 saturated heterocycles. The third kappa shape index (κ3) is 2.91. The van der Waals surface area contributed by atoms with Crippen LogP contribution >= 0.6 is 11.6 Å². The number of pyridine rings is 1. The van der Waals surface area contributed by atoms with Crippen LogP contribution in [0.1, 0.15) is 0 Å². The molecule has 0 aliphatic carbocycles. The summed E-state index contributed by atoms with van der Waals surface area (Å²) in [4.78, 5) is 30.6. The fourth-order valence-electron chi connectivity index (χ4n) is 4.09. The van der Waals surface area contributed by atoms with E-state index in [0.29, 0.717) is 21.7 Å². The molecule has 31 heavy (non-hydrogen) atoms. The third-order valence-corrected chi connectivity index (χ3v) is 5.99. The maximum Gasteiger partial charge on any atom is 0.332 e. The van der Waals surface area contributed by atoms with Gasteiger partial charge in [-0.25, -0.2) is 9.78 Å². The lowest BCUT2D eigenvalue weighted by Gasteiger charge is -2.13. The van der Waals surface area contributed by atoms with Crippen LogP contribution in [0, 0.1) is 0 Å². The summed E-state index contributed by atoms with van der Waals surface area (Å²) in [5.74, 6) is 0. The molecule has 7 heteroatoms. The number of hydrogen-bond donors (Lipinski definition) is 0. The highest BCUT2D eigenvalue weighted by Crippen LogP contribution is 2.35. The summed E-state index contributed by atoms with van der Waals surface area (Å²) in [5.41, 5.74) is 3.79. The molecule has 3 heterocycles. The van der Waals surface area contributed by atoms with E-state index in [0.717, 1.165) is 32.2 Å². The van der Waals surface area contributed by atoms with Gasteiger partial charge in [-0.2, -0.15) is 0 Å². The van der Waals surface area contributed by atoms with Gasteiger partial charge < -0.3 is 4.57 Å². The smallest absolute Gasteiger partial charge is 0.332 e. The van der Waals surface area contributed by atoms with Gasteiger partial charge in [-0.15, -0.1) is 0 Å². The molecule has 0 spiro atoms. The molecule has 6 nitrogen and oxygen atoms in total. The number of halogens is 1. The van der Waals surface area contributed by atoms with Crippen molar-refractivity contribution < 1.29 is 0 Å². The molecule has 5 aromatic rings. The minimum atomic E-state index is -0.415. The summed E-state index contributed by atoms with van der Waals surface area (Å²) in [6, 6.07) is 17.3. The molecule has 0 aliphatic rings. The van der Waals surface area contributed by atoms with Crippen LogP contribution in [0.25, 0.3) is 44.3 Å². The van der Waals surface area contributed by atoms with E-state index in [2.05, 4.69) is 0 Å². The molecule has 2 aromatic carbocycles. The minimum Gasteiger partial charge on any atom is -0.350 e. The minimum absolute atomic E-state index is 0.350. The largest absolute Gasteiger partial charge is 0.350 e. The number of aromatic nitrogens is 4. The quantitative estimate of drug-likeness (QED) is 0.423. The topological polar surface area (TPSA) is 61.8 Å². The van der Waals surface area contributed by atoms with Gasteiger partial charge in [0, 0.05) is 60.0 Å². The highest BCUT2D eigenvalue weighted by molar-refractivity contribution is 6.30.